The summed E-state index contributed by atoms with van der Waals surface area (Å²) in [6.07, 6.45) is -3.41. The largest absolute Gasteiger partial charge is 0.463 e. The van der Waals surface area contributed by atoms with E-state index in [2.05, 4.69) is 0 Å². The smallest absolute Gasteiger partial charge is 0.373 e. The van der Waals surface area contributed by atoms with Crippen LogP contribution in [-0.4, -0.2) is 112 Å². The van der Waals surface area contributed by atoms with Crippen molar-refractivity contribution in [2.24, 2.45) is 0 Å². The van der Waals surface area contributed by atoms with Crippen molar-refractivity contribution >= 4 is 5.97 Å². The van der Waals surface area contributed by atoms with Gasteiger partial charge in [0.05, 0.1) is 13.7 Å². The van der Waals surface area contributed by atoms with Gasteiger partial charge in [0.15, 0.2) is 6.29 Å². The molecule has 0 radical (unpaired) electrons. The van der Waals surface area contributed by atoms with Crippen LogP contribution in [0.15, 0.2) is 11.8 Å². The minimum Gasteiger partial charge on any atom is -0.463 e. The number of rotatable bonds is 10. The van der Waals surface area contributed by atoms with Crippen molar-refractivity contribution in [2.75, 3.05) is 56.4 Å². The summed E-state index contributed by atoms with van der Waals surface area (Å²) >= 11 is 0. The third-order valence-electron chi connectivity index (χ3n) is 5.15. The fourth-order valence-electron chi connectivity index (χ4n) is 3.62. The average Bonchev–Trinajstić information content (AvgIpc) is 2.79. The minimum absolute atomic E-state index is 0.0283. The van der Waals surface area contributed by atoms with Gasteiger partial charge < -0.3 is 47.4 Å². The summed E-state index contributed by atoms with van der Waals surface area (Å²) in [7, 11) is 10.4. The monoisotopic (exact) mass is 436 g/mol. The highest BCUT2D eigenvalue weighted by Crippen LogP contribution is 2.29. The third-order valence-corrected chi connectivity index (χ3v) is 5.15. The molecule has 11 heteroatoms. The molecule has 174 valence electrons. The van der Waals surface area contributed by atoms with Crippen LogP contribution in [0.3, 0.4) is 0 Å². The summed E-state index contributed by atoms with van der Waals surface area (Å²) in [5.41, 5.74) is 0. The zero-order valence-corrected chi connectivity index (χ0v) is 18.4. The van der Waals surface area contributed by atoms with Gasteiger partial charge in [-0.15, -0.1) is 0 Å². The summed E-state index contributed by atoms with van der Waals surface area (Å²) in [5.74, 6) is -0.676. The van der Waals surface area contributed by atoms with Crippen LogP contribution in [0.4, 0.5) is 0 Å². The molecule has 8 atom stereocenters. The molecule has 2 aliphatic heterocycles. The second-order valence-electron chi connectivity index (χ2n) is 6.62. The molecule has 2 rings (SSSR count). The molecule has 0 aromatic heterocycles. The van der Waals surface area contributed by atoms with Gasteiger partial charge in [-0.3, -0.25) is 0 Å². The first-order valence-electron chi connectivity index (χ1n) is 9.40. The summed E-state index contributed by atoms with van der Waals surface area (Å²) in [6, 6.07) is 0. The van der Waals surface area contributed by atoms with E-state index in [0.717, 1.165) is 0 Å². The van der Waals surface area contributed by atoms with Crippen molar-refractivity contribution in [1.29, 1.82) is 0 Å². The second kappa shape index (κ2) is 11.9. The average molecular weight is 436 g/mol. The Morgan fingerprint density at radius 2 is 1.43 bits per heavy atom. The van der Waals surface area contributed by atoms with Gasteiger partial charge in [-0.2, -0.15) is 0 Å². The van der Waals surface area contributed by atoms with Crippen molar-refractivity contribution in [3.63, 3.8) is 0 Å². The second-order valence-corrected chi connectivity index (χ2v) is 6.62. The molecule has 1 fully saturated rings. The Bertz CT molecular complexity index is 569. The lowest BCUT2D eigenvalue weighted by molar-refractivity contribution is -0.317. The predicted octanol–water partition coefficient (Wildman–Crippen LogP) is -0.137. The highest BCUT2D eigenvalue weighted by molar-refractivity contribution is 5.86. The minimum atomic E-state index is -0.956. The number of carbonyl (C=O) groups excluding carboxylic acids is 1. The van der Waals surface area contributed by atoms with Crippen LogP contribution in [0.5, 0.6) is 0 Å². The highest BCUT2D eigenvalue weighted by Gasteiger charge is 2.48. The fourth-order valence-corrected chi connectivity index (χ4v) is 3.62. The van der Waals surface area contributed by atoms with Gasteiger partial charge in [-0.1, -0.05) is 0 Å². The van der Waals surface area contributed by atoms with Crippen molar-refractivity contribution in [3.8, 4) is 0 Å². The molecular weight excluding hydrogens is 404 g/mol. The first-order valence-corrected chi connectivity index (χ1v) is 9.40. The number of hydrogen-bond donors (Lipinski definition) is 0. The van der Waals surface area contributed by atoms with Gasteiger partial charge in [0, 0.05) is 42.7 Å². The van der Waals surface area contributed by atoms with Gasteiger partial charge in [0.25, 0.3) is 0 Å². The van der Waals surface area contributed by atoms with Crippen LogP contribution in [0, 0.1) is 0 Å². The molecule has 0 spiro atoms. The molecule has 0 aromatic rings. The maximum Gasteiger partial charge on any atom is 0.373 e. The van der Waals surface area contributed by atoms with Crippen molar-refractivity contribution in [2.45, 2.75) is 49.2 Å². The molecule has 0 bridgehead atoms. The Kier molecular flexibility index (Phi) is 9.91. The maximum absolute atomic E-state index is 11.9. The van der Waals surface area contributed by atoms with E-state index in [1.807, 2.05) is 0 Å². The van der Waals surface area contributed by atoms with Crippen LogP contribution >= 0.6 is 0 Å². The number of carbonyl (C=O) groups is 1. The lowest BCUT2D eigenvalue weighted by Gasteiger charge is -2.44. The standard InChI is InChI=1S/C19H32O11/c1-21-10-8-11(17(20)26-6)29-19(14(10)23-3)28-9-12-13(22-2)15(24-4)16(25-5)18(27-7)30-12/h8,10,12-16,18-19H,9H2,1-7H3. The fraction of sp³-hybridized carbons (Fsp3) is 0.842. The first kappa shape index (κ1) is 25.0. The lowest BCUT2D eigenvalue weighted by Crippen LogP contribution is -2.61. The van der Waals surface area contributed by atoms with Gasteiger partial charge >= 0.3 is 5.97 Å². The molecular formula is C19H32O11. The van der Waals surface area contributed by atoms with Crippen molar-refractivity contribution in [3.05, 3.63) is 11.8 Å². The molecule has 0 aliphatic carbocycles. The van der Waals surface area contributed by atoms with Crippen LogP contribution < -0.4 is 0 Å². The number of ether oxygens (including phenoxy) is 10. The summed E-state index contributed by atoms with van der Waals surface area (Å²) in [6.45, 7) is 0.0318. The number of methoxy groups -OCH3 is 7. The number of hydrogen-bond acceptors (Lipinski definition) is 11. The molecule has 8 unspecified atom stereocenters. The zero-order chi connectivity index (χ0) is 22.3. The topological polar surface area (TPSA) is 109 Å². The van der Waals surface area contributed by atoms with Crippen LogP contribution in [0.1, 0.15) is 0 Å². The summed E-state index contributed by atoms with van der Waals surface area (Å²) < 4.78 is 55.2. The van der Waals surface area contributed by atoms with E-state index >= 15 is 0 Å². The Morgan fingerprint density at radius 1 is 0.800 bits per heavy atom. The van der Waals surface area contributed by atoms with E-state index in [1.165, 1.54) is 34.5 Å². The molecule has 30 heavy (non-hydrogen) atoms. The summed E-state index contributed by atoms with van der Waals surface area (Å²) in [4.78, 5) is 11.9. The Labute approximate surface area is 176 Å². The molecule has 0 amide bonds. The van der Waals surface area contributed by atoms with E-state index in [0.29, 0.717) is 0 Å². The van der Waals surface area contributed by atoms with Gasteiger partial charge in [-0.05, 0) is 6.08 Å². The SMILES string of the molecule is COC(=O)C1=CC(OC)C(OC)C(OCC2OC(OC)C(OC)C(OC)C2OC)O1. The normalized spacial score (nSPS) is 36.7. The molecule has 0 saturated carbocycles. The van der Waals surface area contributed by atoms with Gasteiger partial charge in [-0.25, -0.2) is 4.79 Å². The molecule has 0 N–H and O–H groups in total. The van der Waals surface area contributed by atoms with E-state index in [-0.39, 0.29) is 12.4 Å². The van der Waals surface area contributed by atoms with E-state index in [4.69, 9.17) is 47.4 Å². The van der Waals surface area contributed by atoms with Crippen LogP contribution in [0.2, 0.25) is 0 Å². The summed E-state index contributed by atoms with van der Waals surface area (Å²) in [5, 5.41) is 0. The van der Waals surface area contributed by atoms with E-state index in [1.54, 1.807) is 21.3 Å². The Hall–Kier alpha value is -1.31. The van der Waals surface area contributed by atoms with Gasteiger partial charge in [0.2, 0.25) is 12.0 Å². The molecule has 2 heterocycles. The van der Waals surface area contributed by atoms with Gasteiger partial charge in [0.1, 0.15) is 36.6 Å². The lowest BCUT2D eigenvalue weighted by atomic mass is 9.98. The predicted molar refractivity (Wildman–Crippen MR) is 101 cm³/mol. The van der Waals surface area contributed by atoms with E-state index < -0.39 is 55.2 Å². The zero-order valence-electron chi connectivity index (χ0n) is 18.4. The Morgan fingerprint density at radius 3 is 1.93 bits per heavy atom. The first-order chi connectivity index (χ1) is 14.5. The van der Waals surface area contributed by atoms with Crippen molar-refractivity contribution < 1.29 is 52.2 Å². The molecule has 11 nitrogen and oxygen atoms in total. The van der Waals surface area contributed by atoms with Crippen LogP contribution in [-0.2, 0) is 52.2 Å². The number of esters is 1. The third kappa shape index (κ3) is 5.29. The van der Waals surface area contributed by atoms with Crippen molar-refractivity contribution in [1.82, 2.24) is 0 Å². The molecule has 1 saturated heterocycles. The molecule has 0 aromatic carbocycles. The maximum atomic E-state index is 11.9. The molecule has 2 aliphatic rings. The quantitative estimate of drug-likeness (QED) is 0.427. The van der Waals surface area contributed by atoms with E-state index in [9.17, 15) is 4.79 Å². The van der Waals surface area contributed by atoms with Crippen LogP contribution in [0.25, 0.3) is 0 Å². The Balaban J connectivity index is 2.16. The highest BCUT2D eigenvalue weighted by atomic mass is 16.7.